The van der Waals surface area contributed by atoms with Gasteiger partial charge in [0.05, 0.1) is 40.2 Å². The lowest BCUT2D eigenvalue weighted by molar-refractivity contribution is -0.136. The van der Waals surface area contributed by atoms with Crippen molar-refractivity contribution in [2.45, 2.75) is 101 Å². The Balaban J connectivity index is 0.856. The molecule has 1 unspecified atom stereocenters. The van der Waals surface area contributed by atoms with Crippen LogP contribution in [0.3, 0.4) is 0 Å². The Morgan fingerprint density at radius 2 is 1.79 bits per heavy atom. The molecule has 1 N–H and O–H groups in total. The molecule has 10 rings (SSSR count). The first-order chi connectivity index (χ1) is 25.5. The maximum absolute atomic E-state index is 13.4. The molecule has 3 amide bonds. The lowest BCUT2D eigenvalue weighted by Crippen LogP contribution is -2.52. The molecule has 10 nitrogen and oxygen atoms in total. The monoisotopic (exact) mass is 731 g/mol. The fourth-order valence-corrected chi connectivity index (χ4v) is 10.8. The summed E-state index contributed by atoms with van der Waals surface area (Å²) in [5.41, 5.74) is 6.34. The van der Waals surface area contributed by atoms with Crippen molar-refractivity contribution in [2.75, 3.05) is 19.7 Å². The molecule has 3 aromatic carbocycles. The number of carbonyl (C=O) groups is 3. The van der Waals surface area contributed by atoms with E-state index in [1.54, 1.807) is 11.0 Å². The number of ether oxygens (including phenoxy) is 1. The van der Waals surface area contributed by atoms with Gasteiger partial charge in [0.25, 0.3) is 11.5 Å². The Hall–Kier alpha value is -4.54. The fourth-order valence-electron chi connectivity index (χ4n) is 10.5. The Bertz CT molecular complexity index is 2340. The van der Waals surface area contributed by atoms with Crippen LogP contribution < -0.4 is 15.6 Å². The number of piperidine rings is 2. The largest absolute Gasteiger partial charge is 0.492 e. The standard InChI is InChI=1S/C42H42ClN5O5/c1-41(2)29-20-24(9-12-31(29)48-32-8-4-7-30(43)35(32)38(51)45-40(41)48)23-5-3-6-25(19-23)46-17-15-42(16-18-46)22-53-36-27-21-47(33-13-14-34(49)44-37(33)50)39(52)26(27)10-11-28(36)42/h4,7-12,20,23,25,33H,3,5-6,13-19,21-22H2,1-2H3,(H,44,49,50)/t23?,25-,33+/m1/s1. The Morgan fingerprint density at radius 3 is 2.60 bits per heavy atom. The summed E-state index contributed by atoms with van der Waals surface area (Å²) in [6.45, 7) is 7.27. The molecule has 1 spiro atoms. The zero-order valence-corrected chi connectivity index (χ0v) is 30.8. The number of benzene rings is 3. The zero-order valence-electron chi connectivity index (χ0n) is 30.0. The van der Waals surface area contributed by atoms with E-state index < -0.39 is 17.4 Å². The van der Waals surface area contributed by atoms with Crippen LogP contribution in [0, 0.1) is 0 Å². The highest BCUT2D eigenvalue weighted by molar-refractivity contribution is 6.35. The number of rotatable bonds is 3. The zero-order chi connectivity index (χ0) is 36.4. The third-order valence-electron chi connectivity index (χ3n) is 13.5. The number of likely N-dealkylation sites (tertiary alicyclic amines) is 1. The number of hydrogen-bond donors (Lipinski definition) is 1. The third-order valence-corrected chi connectivity index (χ3v) is 13.8. The first-order valence-electron chi connectivity index (χ1n) is 19.1. The summed E-state index contributed by atoms with van der Waals surface area (Å²) in [7, 11) is 0. The van der Waals surface area contributed by atoms with Crippen LogP contribution in [0.2, 0.25) is 5.02 Å². The molecule has 272 valence electrons. The molecule has 0 radical (unpaired) electrons. The van der Waals surface area contributed by atoms with Crippen molar-refractivity contribution >= 4 is 40.2 Å². The Kier molecular flexibility index (Phi) is 7.32. The van der Waals surface area contributed by atoms with Gasteiger partial charge >= 0.3 is 0 Å². The van der Waals surface area contributed by atoms with E-state index in [1.807, 2.05) is 18.2 Å². The Labute approximate surface area is 312 Å². The first-order valence-corrected chi connectivity index (χ1v) is 19.5. The van der Waals surface area contributed by atoms with Crippen molar-refractivity contribution < 1.29 is 19.1 Å². The van der Waals surface area contributed by atoms with Gasteiger partial charge in [-0.1, -0.05) is 42.3 Å². The summed E-state index contributed by atoms with van der Waals surface area (Å²) < 4.78 is 8.57. The first kappa shape index (κ1) is 33.1. The van der Waals surface area contributed by atoms with Crippen LogP contribution in [-0.2, 0) is 27.0 Å². The van der Waals surface area contributed by atoms with Crippen molar-refractivity contribution in [3.63, 3.8) is 0 Å². The van der Waals surface area contributed by atoms with Gasteiger partial charge in [-0.25, -0.2) is 0 Å². The molecular formula is C42H42ClN5O5. The molecule has 5 aliphatic heterocycles. The van der Waals surface area contributed by atoms with Crippen LogP contribution >= 0.6 is 11.6 Å². The average molecular weight is 732 g/mol. The highest BCUT2D eigenvalue weighted by Crippen LogP contribution is 2.51. The van der Waals surface area contributed by atoms with Crippen LogP contribution in [0.5, 0.6) is 5.75 Å². The van der Waals surface area contributed by atoms with Gasteiger partial charge in [0.1, 0.15) is 17.6 Å². The van der Waals surface area contributed by atoms with E-state index in [-0.39, 0.29) is 29.2 Å². The second kappa shape index (κ2) is 11.7. The highest BCUT2D eigenvalue weighted by atomic mass is 35.5. The number of amides is 3. The quantitative estimate of drug-likeness (QED) is 0.262. The predicted octanol–water partition coefficient (Wildman–Crippen LogP) is 5.89. The lowest BCUT2D eigenvalue weighted by Gasteiger charge is -2.44. The van der Waals surface area contributed by atoms with Crippen LogP contribution in [-0.4, -0.2) is 68.9 Å². The van der Waals surface area contributed by atoms with Crippen molar-refractivity contribution in [1.82, 2.24) is 24.7 Å². The molecule has 6 aliphatic rings. The topological polar surface area (TPSA) is 114 Å². The van der Waals surface area contributed by atoms with Gasteiger partial charge in [-0.3, -0.25) is 29.1 Å². The van der Waals surface area contributed by atoms with E-state index in [9.17, 15) is 19.2 Å². The molecule has 1 aromatic heterocycles. The number of carbonyl (C=O) groups excluding carboxylic acids is 3. The van der Waals surface area contributed by atoms with Crippen molar-refractivity contribution in [1.29, 1.82) is 0 Å². The van der Waals surface area contributed by atoms with E-state index >= 15 is 0 Å². The number of fused-ring (bicyclic) bond motifs is 9. The van der Waals surface area contributed by atoms with E-state index in [1.165, 1.54) is 29.5 Å². The number of imide groups is 1. The van der Waals surface area contributed by atoms with Gasteiger partial charge in [-0.2, -0.15) is 4.98 Å². The maximum Gasteiger partial charge on any atom is 0.282 e. The van der Waals surface area contributed by atoms with Crippen molar-refractivity contribution in [3.05, 3.63) is 97.5 Å². The average Bonchev–Trinajstić information content (AvgIpc) is 3.75. The smallest absolute Gasteiger partial charge is 0.282 e. The molecule has 1 saturated carbocycles. The summed E-state index contributed by atoms with van der Waals surface area (Å²) in [5.74, 6) is 1.20. The second-order valence-corrected chi connectivity index (χ2v) is 17.0. The molecule has 0 bridgehead atoms. The van der Waals surface area contributed by atoms with Gasteiger partial charge in [0.15, 0.2) is 0 Å². The van der Waals surface area contributed by atoms with E-state index in [2.05, 4.69) is 57.9 Å². The van der Waals surface area contributed by atoms with Crippen LogP contribution in [0.1, 0.15) is 110 Å². The predicted molar refractivity (Wildman–Crippen MR) is 200 cm³/mol. The number of nitrogens with zero attached hydrogens (tertiary/aromatic N) is 4. The minimum atomic E-state index is -0.636. The summed E-state index contributed by atoms with van der Waals surface area (Å²) >= 11 is 6.49. The number of hydrogen-bond acceptors (Lipinski definition) is 7. The molecule has 53 heavy (non-hydrogen) atoms. The van der Waals surface area contributed by atoms with Crippen LogP contribution in [0.15, 0.2) is 53.3 Å². The van der Waals surface area contributed by atoms with E-state index in [0.717, 1.165) is 67.1 Å². The summed E-state index contributed by atoms with van der Waals surface area (Å²) in [4.78, 5) is 59.8. The molecule has 1 aliphatic carbocycles. The molecule has 2 saturated heterocycles. The second-order valence-electron chi connectivity index (χ2n) is 16.6. The SMILES string of the molecule is CC1(C)c2cc(C3CCC[C@@H](N4CCC5(CC4)COc4c5ccc5c4CN([C@H]4CCC(=O)NC4=O)C5=O)C3)ccc2-n2c1nc(=O)c1c(Cl)cccc12. The Morgan fingerprint density at radius 1 is 0.962 bits per heavy atom. The van der Waals surface area contributed by atoms with Gasteiger partial charge in [-0.05, 0) is 107 Å². The van der Waals surface area contributed by atoms with Gasteiger partial charge in [0, 0.05) is 34.6 Å². The van der Waals surface area contributed by atoms with Crippen molar-refractivity contribution in [2.24, 2.45) is 0 Å². The van der Waals surface area contributed by atoms with Gasteiger partial charge in [0.2, 0.25) is 11.8 Å². The van der Waals surface area contributed by atoms with Crippen LogP contribution in [0.4, 0.5) is 0 Å². The van der Waals surface area contributed by atoms with Crippen molar-refractivity contribution in [3.8, 4) is 11.4 Å². The number of halogens is 1. The highest BCUT2D eigenvalue weighted by Gasteiger charge is 2.48. The number of aromatic nitrogens is 2. The van der Waals surface area contributed by atoms with Crippen LogP contribution in [0.25, 0.3) is 16.6 Å². The third kappa shape index (κ3) is 4.83. The number of nitrogens with one attached hydrogen (secondary N) is 1. The maximum atomic E-state index is 13.4. The van der Waals surface area contributed by atoms with E-state index in [4.69, 9.17) is 16.3 Å². The normalized spacial score (nSPS) is 25.6. The molecule has 11 heteroatoms. The summed E-state index contributed by atoms with van der Waals surface area (Å²) in [6, 6.07) is 16.4. The molecule has 3 fully saturated rings. The molecule has 3 atom stereocenters. The molecular weight excluding hydrogens is 690 g/mol. The van der Waals surface area contributed by atoms with E-state index in [0.29, 0.717) is 47.5 Å². The summed E-state index contributed by atoms with van der Waals surface area (Å²) in [6.07, 6.45) is 7.25. The minimum Gasteiger partial charge on any atom is -0.492 e. The summed E-state index contributed by atoms with van der Waals surface area (Å²) in [5, 5.41) is 3.29. The molecule has 4 aromatic rings. The minimum absolute atomic E-state index is 0.0787. The lowest BCUT2D eigenvalue weighted by atomic mass is 9.72. The van der Waals surface area contributed by atoms with Gasteiger partial charge in [-0.15, -0.1) is 0 Å². The molecule has 6 heterocycles. The van der Waals surface area contributed by atoms with Gasteiger partial charge < -0.3 is 14.5 Å². The fraction of sp³-hybridized carbons (Fsp3) is 0.452.